The van der Waals surface area contributed by atoms with E-state index in [-0.39, 0.29) is 35.3 Å². The molecule has 0 saturated carbocycles. The van der Waals surface area contributed by atoms with Crippen molar-refractivity contribution in [2.24, 2.45) is 0 Å². The average molecular weight is 424 g/mol. The summed E-state index contributed by atoms with van der Waals surface area (Å²) in [6.45, 7) is 6.30. The number of carbonyl (C=O) groups excluding carboxylic acids is 1. The molecule has 3 rings (SSSR count). The summed E-state index contributed by atoms with van der Waals surface area (Å²) in [7, 11) is -1.05. The van der Waals surface area contributed by atoms with Crippen LogP contribution in [0.2, 0.25) is 0 Å². The quantitative estimate of drug-likeness (QED) is 0.727. The third kappa shape index (κ3) is 4.84. The van der Waals surface area contributed by atoms with Gasteiger partial charge < -0.3 is 10.2 Å². The number of nitrogens with zero attached hydrogens (tertiary/aromatic N) is 2. The first-order chi connectivity index (χ1) is 13.6. The van der Waals surface area contributed by atoms with Crippen molar-refractivity contribution >= 4 is 21.4 Å². The molecule has 0 aliphatic carbocycles. The van der Waals surface area contributed by atoms with Crippen LogP contribution in [0.25, 0.3) is 0 Å². The standard InChI is InChI=1S/C20H27FN4O3S/c1-13-19(14(2)25(23-13)18-9-10-29(27,28)12-18)11-24(4)15(3)20(26)22-17-7-5-16(21)6-8-17/h5-8,15,18H,9-12H2,1-4H3,(H,22,26)/p+1/t15-,18+/m0/s1. The number of amides is 1. The van der Waals surface area contributed by atoms with Crippen molar-refractivity contribution in [1.82, 2.24) is 9.78 Å². The summed E-state index contributed by atoms with van der Waals surface area (Å²) in [5, 5.41) is 7.40. The Morgan fingerprint density at radius 2 is 2.00 bits per heavy atom. The molecule has 1 aromatic heterocycles. The summed E-state index contributed by atoms with van der Waals surface area (Å²) in [6, 6.07) is 5.22. The fourth-order valence-corrected chi connectivity index (χ4v) is 5.41. The molecule has 0 bridgehead atoms. The van der Waals surface area contributed by atoms with E-state index < -0.39 is 9.84 Å². The number of benzene rings is 1. The molecule has 1 aliphatic heterocycles. The molecule has 1 saturated heterocycles. The molecule has 1 unspecified atom stereocenters. The first-order valence-electron chi connectivity index (χ1n) is 9.71. The lowest BCUT2D eigenvalue weighted by atomic mass is 10.1. The van der Waals surface area contributed by atoms with Crippen molar-refractivity contribution in [3.63, 3.8) is 0 Å². The highest BCUT2D eigenvalue weighted by atomic mass is 32.2. The third-order valence-electron chi connectivity index (χ3n) is 5.73. The molecule has 1 amide bonds. The smallest absolute Gasteiger partial charge is 0.282 e. The van der Waals surface area contributed by atoms with Gasteiger partial charge >= 0.3 is 0 Å². The van der Waals surface area contributed by atoms with Crippen molar-refractivity contribution in [2.75, 3.05) is 23.9 Å². The van der Waals surface area contributed by atoms with E-state index in [2.05, 4.69) is 10.4 Å². The second-order valence-electron chi connectivity index (χ2n) is 7.89. The van der Waals surface area contributed by atoms with Gasteiger partial charge in [-0.3, -0.25) is 9.48 Å². The van der Waals surface area contributed by atoms with Gasteiger partial charge in [-0.15, -0.1) is 0 Å². The lowest BCUT2D eigenvalue weighted by Gasteiger charge is -2.21. The minimum atomic E-state index is -2.99. The van der Waals surface area contributed by atoms with Crippen LogP contribution in [-0.4, -0.2) is 48.7 Å². The minimum absolute atomic E-state index is 0.119. The van der Waals surface area contributed by atoms with Crippen LogP contribution in [0.5, 0.6) is 0 Å². The van der Waals surface area contributed by atoms with Gasteiger partial charge in [-0.1, -0.05) is 0 Å². The van der Waals surface area contributed by atoms with Gasteiger partial charge in [0.25, 0.3) is 5.91 Å². The fourth-order valence-electron chi connectivity index (χ4n) is 3.72. The Hall–Kier alpha value is -2.26. The predicted molar refractivity (Wildman–Crippen MR) is 109 cm³/mol. The van der Waals surface area contributed by atoms with Crippen molar-refractivity contribution in [2.45, 2.75) is 45.8 Å². The van der Waals surface area contributed by atoms with Gasteiger partial charge in [0, 0.05) is 11.4 Å². The van der Waals surface area contributed by atoms with Crippen LogP contribution < -0.4 is 10.2 Å². The monoisotopic (exact) mass is 423 g/mol. The molecule has 29 heavy (non-hydrogen) atoms. The Morgan fingerprint density at radius 3 is 2.59 bits per heavy atom. The highest BCUT2D eigenvalue weighted by Gasteiger charge is 2.32. The molecule has 2 N–H and O–H groups in total. The number of sulfone groups is 1. The van der Waals surface area contributed by atoms with E-state index in [0.717, 1.165) is 21.9 Å². The summed E-state index contributed by atoms with van der Waals surface area (Å²) < 4.78 is 38.5. The number of quaternary nitrogens is 1. The van der Waals surface area contributed by atoms with Crippen LogP contribution in [0.1, 0.15) is 36.3 Å². The zero-order chi connectivity index (χ0) is 21.3. The Kier molecular flexibility index (Phi) is 6.09. The van der Waals surface area contributed by atoms with Gasteiger partial charge in [-0.05, 0) is 51.5 Å². The van der Waals surface area contributed by atoms with Crippen LogP contribution in [0.3, 0.4) is 0 Å². The zero-order valence-corrected chi connectivity index (χ0v) is 18.0. The van der Waals surface area contributed by atoms with Gasteiger partial charge in [0.15, 0.2) is 15.9 Å². The molecule has 0 spiro atoms. The van der Waals surface area contributed by atoms with E-state index in [1.807, 2.05) is 32.5 Å². The summed E-state index contributed by atoms with van der Waals surface area (Å²) >= 11 is 0. The summed E-state index contributed by atoms with van der Waals surface area (Å²) in [6.07, 6.45) is 0.586. The van der Waals surface area contributed by atoms with Gasteiger partial charge in [-0.25, -0.2) is 12.8 Å². The summed E-state index contributed by atoms with van der Waals surface area (Å²) in [5.41, 5.74) is 3.40. The Labute approximate surface area is 170 Å². The summed E-state index contributed by atoms with van der Waals surface area (Å²) in [5.74, 6) is -0.166. The predicted octanol–water partition coefficient (Wildman–Crippen LogP) is 1.04. The first-order valence-corrected chi connectivity index (χ1v) is 11.5. The maximum absolute atomic E-state index is 13.0. The van der Waals surface area contributed by atoms with Crippen molar-refractivity contribution in [3.05, 3.63) is 47.0 Å². The molecule has 2 aromatic rings. The second kappa shape index (κ2) is 8.23. The topological polar surface area (TPSA) is 85.5 Å². The van der Waals surface area contributed by atoms with E-state index in [4.69, 9.17) is 0 Å². The van der Waals surface area contributed by atoms with E-state index >= 15 is 0 Å². The van der Waals surface area contributed by atoms with Crippen molar-refractivity contribution in [3.8, 4) is 0 Å². The van der Waals surface area contributed by atoms with E-state index in [9.17, 15) is 17.6 Å². The molecule has 1 aromatic carbocycles. The Morgan fingerprint density at radius 1 is 1.34 bits per heavy atom. The lowest BCUT2D eigenvalue weighted by Crippen LogP contribution is -3.12. The van der Waals surface area contributed by atoms with Gasteiger partial charge in [0.1, 0.15) is 12.4 Å². The van der Waals surface area contributed by atoms with E-state index in [1.165, 1.54) is 24.3 Å². The zero-order valence-electron chi connectivity index (χ0n) is 17.2. The highest BCUT2D eigenvalue weighted by Crippen LogP contribution is 2.26. The Balaban J connectivity index is 1.69. The number of halogens is 1. The van der Waals surface area contributed by atoms with E-state index in [0.29, 0.717) is 18.7 Å². The number of nitrogens with one attached hydrogen (secondary N) is 2. The fraction of sp³-hybridized carbons (Fsp3) is 0.500. The molecule has 7 nitrogen and oxygen atoms in total. The number of aryl methyl sites for hydroxylation is 1. The molecular formula is C20H28FN4O3S+. The average Bonchev–Trinajstić information content (AvgIpc) is 3.16. The Bertz CT molecular complexity index is 1000. The minimum Gasteiger partial charge on any atom is -0.324 e. The normalized spacial score (nSPS) is 20.4. The molecule has 3 atom stereocenters. The highest BCUT2D eigenvalue weighted by molar-refractivity contribution is 7.91. The molecule has 1 aliphatic rings. The number of carbonyl (C=O) groups is 1. The second-order valence-corrected chi connectivity index (χ2v) is 10.1. The van der Waals surface area contributed by atoms with Crippen LogP contribution in [0, 0.1) is 19.7 Å². The molecule has 158 valence electrons. The molecular weight excluding hydrogens is 395 g/mol. The number of aromatic nitrogens is 2. The van der Waals surface area contributed by atoms with Gasteiger partial charge in [-0.2, -0.15) is 5.10 Å². The van der Waals surface area contributed by atoms with Gasteiger partial charge in [0.05, 0.1) is 35.9 Å². The molecule has 1 fully saturated rings. The molecule has 2 heterocycles. The number of hydrogen-bond acceptors (Lipinski definition) is 4. The van der Waals surface area contributed by atoms with Crippen LogP contribution in [-0.2, 0) is 21.2 Å². The number of rotatable bonds is 6. The van der Waals surface area contributed by atoms with Crippen molar-refractivity contribution in [1.29, 1.82) is 0 Å². The number of hydrogen-bond donors (Lipinski definition) is 2. The van der Waals surface area contributed by atoms with Crippen molar-refractivity contribution < 1.29 is 22.5 Å². The summed E-state index contributed by atoms with van der Waals surface area (Å²) in [4.78, 5) is 13.6. The van der Waals surface area contributed by atoms with E-state index in [1.54, 1.807) is 0 Å². The largest absolute Gasteiger partial charge is 0.324 e. The van der Waals surface area contributed by atoms with Crippen LogP contribution in [0.4, 0.5) is 10.1 Å². The lowest BCUT2D eigenvalue weighted by molar-refractivity contribution is -0.907. The number of likely N-dealkylation sites (N-methyl/N-ethyl adjacent to an activating group) is 1. The SMILES string of the molecule is Cc1nn([C@@H]2CCS(=O)(=O)C2)c(C)c1C[NH+](C)[C@@H](C)C(=O)Nc1ccc(F)cc1. The number of anilines is 1. The maximum Gasteiger partial charge on any atom is 0.282 e. The van der Waals surface area contributed by atoms with Gasteiger partial charge in [0.2, 0.25) is 0 Å². The van der Waals surface area contributed by atoms with Crippen LogP contribution >= 0.6 is 0 Å². The van der Waals surface area contributed by atoms with Crippen LogP contribution in [0.15, 0.2) is 24.3 Å². The maximum atomic E-state index is 13.0. The molecule has 9 heteroatoms. The molecule has 0 radical (unpaired) electrons. The third-order valence-corrected chi connectivity index (χ3v) is 7.48. The first kappa shape index (κ1) is 21.4.